The van der Waals surface area contributed by atoms with Crippen LogP contribution in [0.25, 0.3) is 17.0 Å². The number of rotatable bonds is 4. The van der Waals surface area contributed by atoms with Crippen molar-refractivity contribution in [1.29, 1.82) is 0 Å². The smallest absolute Gasteiger partial charge is 0.252 e. The van der Waals surface area contributed by atoms with Crippen molar-refractivity contribution >= 4 is 23.4 Å². The first-order valence-corrected chi connectivity index (χ1v) is 9.15. The molecular formula is C17H17N5O2S. The Hall–Kier alpha value is -2.61. The van der Waals surface area contributed by atoms with Crippen molar-refractivity contribution in [3.63, 3.8) is 0 Å². The van der Waals surface area contributed by atoms with Gasteiger partial charge < -0.3 is 4.90 Å². The van der Waals surface area contributed by atoms with Crippen molar-refractivity contribution in [2.24, 2.45) is 0 Å². The lowest BCUT2D eigenvalue weighted by atomic mass is 10.1. The summed E-state index contributed by atoms with van der Waals surface area (Å²) in [6, 6.07) is 11.1. The highest BCUT2D eigenvalue weighted by Gasteiger charge is 2.20. The molecule has 2 aromatic heterocycles. The highest BCUT2D eigenvalue weighted by atomic mass is 32.2. The number of nitrogens with one attached hydrogen (secondary N) is 1. The maximum Gasteiger partial charge on any atom is 0.252 e. The monoisotopic (exact) mass is 355 g/mol. The minimum atomic E-state index is -0.233. The zero-order chi connectivity index (χ0) is 17.2. The lowest BCUT2D eigenvalue weighted by molar-refractivity contribution is -0.127. The fourth-order valence-corrected chi connectivity index (χ4v) is 3.85. The third-order valence-corrected chi connectivity index (χ3v) is 5.14. The van der Waals surface area contributed by atoms with Crippen LogP contribution >= 0.6 is 11.8 Å². The van der Waals surface area contributed by atoms with E-state index in [1.54, 1.807) is 4.40 Å². The van der Waals surface area contributed by atoms with E-state index in [0.29, 0.717) is 22.4 Å². The number of carbonyl (C=O) groups is 1. The molecular weight excluding hydrogens is 338 g/mol. The largest absolute Gasteiger partial charge is 0.342 e. The average molecular weight is 355 g/mol. The third kappa shape index (κ3) is 3.17. The van der Waals surface area contributed by atoms with Crippen molar-refractivity contribution in [3.05, 3.63) is 46.8 Å². The molecule has 1 N–H and O–H groups in total. The van der Waals surface area contributed by atoms with E-state index in [4.69, 9.17) is 0 Å². The number of aromatic nitrogens is 4. The lowest BCUT2D eigenvalue weighted by Gasteiger charge is -2.14. The molecule has 0 radical (unpaired) electrons. The predicted molar refractivity (Wildman–Crippen MR) is 95.6 cm³/mol. The van der Waals surface area contributed by atoms with Crippen LogP contribution in [0, 0.1) is 0 Å². The molecule has 1 amide bonds. The summed E-state index contributed by atoms with van der Waals surface area (Å²) in [5.74, 6) is 0.807. The van der Waals surface area contributed by atoms with Gasteiger partial charge in [0.25, 0.3) is 5.56 Å². The molecule has 7 nitrogen and oxygen atoms in total. The number of hydrogen-bond acceptors (Lipinski definition) is 5. The highest BCUT2D eigenvalue weighted by molar-refractivity contribution is 7.99. The molecule has 4 rings (SSSR count). The van der Waals surface area contributed by atoms with E-state index in [1.807, 2.05) is 35.2 Å². The number of aromatic amines is 1. The van der Waals surface area contributed by atoms with Gasteiger partial charge in [-0.2, -0.15) is 0 Å². The summed E-state index contributed by atoms with van der Waals surface area (Å²) >= 11 is 1.34. The Morgan fingerprint density at radius 1 is 1.16 bits per heavy atom. The lowest BCUT2D eigenvalue weighted by Crippen LogP contribution is -2.29. The van der Waals surface area contributed by atoms with Gasteiger partial charge >= 0.3 is 0 Å². The van der Waals surface area contributed by atoms with Crippen LogP contribution in [0.15, 0.2) is 46.3 Å². The van der Waals surface area contributed by atoms with E-state index in [1.165, 1.54) is 17.8 Å². The first-order valence-electron chi connectivity index (χ1n) is 8.17. The van der Waals surface area contributed by atoms with E-state index in [0.717, 1.165) is 31.5 Å². The molecule has 0 aliphatic carbocycles. The van der Waals surface area contributed by atoms with Crippen molar-refractivity contribution in [2.75, 3.05) is 18.8 Å². The number of amides is 1. The molecule has 128 valence electrons. The quantitative estimate of drug-likeness (QED) is 0.722. The molecule has 1 aliphatic rings. The number of carbonyl (C=O) groups excluding carboxylic acids is 1. The van der Waals surface area contributed by atoms with Crippen LogP contribution in [-0.2, 0) is 4.79 Å². The normalized spacial score (nSPS) is 14.3. The molecule has 1 aliphatic heterocycles. The summed E-state index contributed by atoms with van der Waals surface area (Å²) in [7, 11) is 0. The number of thioether (sulfide) groups is 1. The minimum absolute atomic E-state index is 0.116. The molecule has 25 heavy (non-hydrogen) atoms. The van der Waals surface area contributed by atoms with Crippen molar-refractivity contribution in [2.45, 2.75) is 18.0 Å². The van der Waals surface area contributed by atoms with Crippen LogP contribution in [0.4, 0.5) is 0 Å². The van der Waals surface area contributed by atoms with Gasteiger partial charge in [-0.25, -0.2) is 0 Å². The van der Waals surface area contributed by atoms with Crippen molar-refractivity contribution in [3.8, 4) is 11.3 Å². The summed E-state index contributed by atoms with van der Waals surface area (Å²) < 4.78 is 1.79. The van der Waals surface area contributed by atoms with E-state index in [9.17, 15) is 9.59 Å². The molecule has 0 unspecified atom stereocenters. The van der Waals surface area contributed by atoms with E-state index < -0.39 is 0 Å². The Balaban J connectivity index is 1.68. The van der Waals surface area contributed by atoms with Crippen molar-refractivity contribution < 1.29 is 4.79 Å². The van der Waals surface area contributed by atoms with Crippen LogP contribution < -0.4 is 5.56 Å². The van der Waals surface area contributed by atoms with Gasteiger partial charge in [-0.15, -0.1) is 10.2 Å². The van der Waals surface area contributed by atoms with E-state index in [2.05, 4.69) is 15.2 Å². The maximum atomic E-state index is 12.3. The van der Waals surface area contributed by atoms with Gasteiger partial charge in [-0.1, -0.05) is 42.1 Å². The van der Waals surface area contributed by atoms with Gasteiger partial charge in [0.1, 0.15) is 0 Å². The molecule has 1 fully saturated rings. The van der Waals surface area contributed by atoms with Gasteiger partial charge in [-0.05, 0) is 18.4 Å². The summed E-state index contributed by atoms with van der Waals surface area (Å²) in [6.45, 7) is 1.67. The van der Waals surface area contributed by atoms with Crippen LogP contribution in [-0.4, -0.2) is 49.2 Å². The first kappa shape index (κ1) is 15.9. The highest BCUT2D eigenvalue weighted by Crippen LogP contribution is 2.24. The fourth-order valence-electron chi connectivity index (χ4n) is 3.00. The number of fused-ring (bicyclic) bond motifs is 1. The van der Waals surface area contributed by atoms with Crippen molar-refractivity contribution in [1.82, 2.24) is 24.5 Å². The van der Waals surface area contributed by atoms with Gasteiger partial charge in [-0.3, -0.25) is 19.0 Å². The van der Waals surface area contributed by atoms with Crippen LogP contribution in [0.2, 0.25) is 0 Å². The number of H-pyrrole nitrogens is 1. The predicted octanol–water partition coefficient (Wildman–Crippen LogP) is 1.80. The molecule has 3 aromatic rings. The summed E-state index contributed by atoms with van der Waals surface area (Å²) in [5.41, 5.74) is 1.37. The summed E-state index contributed by atoms with van der Waals surface area (Å²) in [5, 5.41) is 8.80. The zero-order valence-corrected chi connectivity index (χ0v) is 14.3. The van der Waals surface area contributed by atoms with E-state index >= 15 is 0 Å². The number of hydrogen-bond donors (Lipinski definition) is 1. The van der Waals surface area contributed by atoms with Gasteiger partial charge in [0.15, 0.2) is 5.16 Å². The Morgan fingerprint density at radius 3 is 2.68 bits per heavy atom. The Bertz CT molecular complexity index is 960. The second-order valence-electron chi connectivity index (χ2n) is 5.90. The average Bonchev–Trinajstić information content (AvgIpc) is 3.30. The van der Waals surface area contributed by atoms with E-state index in [-0.39, 0.29) is 11.5 Å². The van der Waals surface area contributed by atoms with Crippen LogP contribution in [0.3, 0.4) is 0 Å². The molecule has 1 aromatic carbocycles. The van der Waals surface area contributed by atoms with Crippen LogP contribution in [0.5, 0.6) is 0 Å². The second kappa shape index (κ2) is 6.72. The SMILES string of the molecule is O=C(CSc1nnc2[nH]c(=O)cc(-c3ccccc3)n12)N1CCCC1. The third-order valence-electron chi connectivity index (χ3n) is 4.23. The molecule has 0 spiro atoms. The summed E-state index contributed by atoms with van der Waals surface area (Å²) in [6.07, 6.45) is 2.15. The molecule has 1 saturated heterocycles. The first-order chi connectivity index (χ1) is 12.2. The molecule has 8 heteroatoms. The Kier molecular flexibility index (Phi) is 4.27. The second-order valence-corrected chi connectivity index (χ2v) is 6.85. The Morgan fingerprint density at radius 2 is 1.92 bits per heavy atom. The maximum absolute atomic E-state index is 12.3. The number of likely N-dealkylation sites (tertiary alicyclic amines) is 1. The molecule has 0 atom stereocenters. The van der Waals surface area contributed by atoms with Gasteiger partial charge in [0.2, 0.25) is 11.7 Å². The summed E-state index contributed by atoms with van der Waals surface area (Å²) in [4.78, 5) is 28.8. The molecule has 3 heterocycles. The molecule has 0 saturated carbocycles. The number of benzene rings is 1. The van der Waals surface area contributed by atoms with Gasteiger partial charge in [0, 0.05) is 19.2 Å². The topological polar surface area (TPSA) is 83.4 Å². The van der Waals surface area contributed by atoms with Crippen LogP contribution in [0.1, 0.15) is 12.8 Å². The van der Waals surface area contributed by atoms with Gasteiger partial charge in [0.05, 0.1) is 11.4 Å². The number of nitrogens with zero attached hydrogens (tertiary/aromatic N) is 4. The fraction of sp³-hybridized carbons (Fsp3) is 0.294. The zero-order valence-electron chi connectivity index (χ0n) is 13.5. The standard InChI is InChI=1S/C17H17N5O2S/c23-14-10-13(12-6-2-1-3-7-12)22-16(18-14)19-20-17(22)25-11-15(24)21-8-4-5-9-21/h1-3,6-7,10H,4-5,8-9,11H2,(H,18,19,23). The Labute approximate surface area is 148 Å². The molecule has 0 bridgehead atoms. The minimum Gasteiger partial charge on any atom is -0.342 e.